The molecule has 0 unspecified atom stereocenters. The molecule has 10 nitrogen and oxygen atoms in total. The van der Waals surface area contributed by atoms with Crippen LogP contribution in [-0.2, 0) is 19.4 Å². The number of hydrogen-bond donors (Lipinski definition) is 2. The maximum atomic E-state index is 13.6. The van der Waals surface area contributed by atoms with Gasteiger partial charge in [0, 0.05) is 32.5 Å². The Morgan fingerprint density at radius 1 is 1.16 bits per heavy atom. The fourth-order valence-electron chi connectivity index (χ4n) is 4.34. The molecule has 1 amide bonds. The number of methoxy groups -OCH3 is 1. The largest absolute Gasteiger partial charge is 0.494 e. The first-order chi connectivity index (χ1) is 17.9. The smallest absolute Gasteiger partial charge is 0.265 e. The zero-order valence-corrected chi connectivity index (χ0v) is 22.2. The Labute approximate surface area is 220 Å². The first kappa shape index (κ1) is 27.4. The van der Waals surface area contributed by atoms with Crippen LogP contribution in [0.2, 0.25) is 0 Å². The van der Waals surface area contributed by atoms with Crippen LogP contribution in [0.5, 0.6) is 5.75 Å². The molecule has 1 aromatic heterocycles. The van der Waals surface area contributed by atoms with Crippen molar-refractivity contribution in [3.8, 4) is 5.75 Å². The number of carbonyl (C=O) groups excluding carboxylic acids is 1. The van der Waals surface area contributed by atoms with E-state index in [0.717, 1.165) is 23.3 Å². The standard InChI is InChI=1S/C25H31N3O7S2/c1-33-17-15-28-13-11-25(12-14-28,23(29)27-30)37(31,32)20-9-7-19(8-10-20)34-16-4-18-36-24-26-21-5-2-3-6-22(21)35-24/h2-3,5-10,30H,4,11-18H2,1H3,(H,27,29). The van der Waals surface area contributed by atoms with Gasteiger partial charge in [-0.05, 0) is 55.7 Å². The van der Waals surface area contributed by atoms with E-state index in [4.69, 9.17) is 13.9 Å². The van der Waals surface area contributed by atoms with E-state index in [9.17, 15) is 18.4 Å². The number of nitrogens with zero attached hydrogens (tertiary/aromatic N) is 2. The molecule has 4 rings (SSSR count). The summed E-state index contributed by atoms with van der Waals surface area (Å²) in [5.74, 6) is 0.371. The number of para-hydroxylation sites is 2. The summed E-state index contributed by atoms with van der Waals surface area (Å²) >= 11 is 1.51. The van der Waals surface area contributed by atoms with E-state index in [-0.39, 0.29) is 17.7 Å². The second-order valence-corrected chi connectivity index (χ2v) is 12.0. The summed E-state index contributed by atoms with van der Waals surface area (Å²) in [7, 11) is -2.47. The van der Waals surface area contributed by atoms with Crippen molar-refractivity contribution >= 4 is 38.6 Å². The van der Waals surface area contributed by atoms with E-state index >= 15 is 0 Å². The summed E-state index contributed by atoms with van der Waals surface area (Å²) in [6, 6.07) is 13.7. The quantitative estimate of drug-likeness (QED) is 0.150. The van der Waals surface area contributed by atoms with Gasteiger partial charge in [0.05, 0.1) is 18.1 Å². The van der Waals surface area contributed by atoms with Gasteiger partial charge in [0.2, 0.25) is 0 Å². The zero-order chi connectivity index (χ0) is 26.3. The van der Waals surface area contributed by atoms with E-state index in [0.29, 0.717) is 43.8 Å². The first-order valence-corrected chi connectivity index (χ1v) is 14.5. The minimum absolute atomic E-state index is 0.0142. The fourth-order valence-corrected chi connectivity index (χ4v) is 7.04. The minimum atomic E-state index is -4.07. The highest BCUT2D eigenvalue weighted by Crippen LogP contribution is 2.36. The predicted molar refractivity (Wildman–Crippen MR) is 139 cm³/mol. The maximum Gasteiger partial charge on any atom is 0.265 e. The Morgan fingerprint density at radius 2 is 1.89 bits per heavy atom. The molecular formula is C25H31N3O7S2. The molecule has 3 aromatic rings. The Hall–Kier alpha value is -2.64. The van der Waals surface area contributed by atoms with Gasteiger partial charge in [0.25, 0.3) is 11.1 Å². The number of oxazole rings is 1. The van der Waals surface area contributed by atoms with Crippen molar-refractivity contribution in [3.05, 3.63) is 48.5 Å². The van der Waals surface area contributed by atoms with Crippen molar-refractivity contribution in [3.63, 3.8) is 0 Å². The third kappa shape index (κ3) is 6.10. The molecule has 200 valence electrons. The molecule has 0 saturated carbocycles. The predicted octanol–water partition coefficient (Wildman–Crippen LogP) is 3.15. The zero-order valence-electron chi connectivity index (χ0n) is 20.6. The summed E-state index contributed by atoms with van der Waals surface area (Å²) < 4.78 is 41.9. The van der Waals surface area contributed by atoms with Crippen LogP contribution in [0, 0.1) is 0 Å². The van der Waals surface area contributed by atoms with Crippen LogP contribution in [0.1, 0.15) is 19.3 Å². The minimum Gasteiger partial charge on any atom is -0.494 e. The lowest BCUT2D eigenvalue weighted by Crippen LogP contribution is -2.57. The van der Waals surface area contributed by atoms with Gasteiger partial charge in [0.15, 0.2) is 20.2 Å². The third-order valence-corrected chi connectivity index (χ3v) is 9.93. The number of benzene rings is 2. The fraction of sp³-hybridized carbons (Fsp3) is 0.440. The van der Waals surface area contributed by atoms with Crippen molar-refractivity contribution in [1.29, 1.82) is 0 Å². The number of piperidine rings is 1. The highest BCUT2D eigenvalue weighted by Gasteiger charge is 2.52. The molecule has 2 aromatic carbocycles. The van der Waals surface area contributed by atoms with Crippen LogP contribution in [0.25, 0.3) is 11.1 Å². The lowest BCUT2D eigenvalue weighted by atomic mass is 9.95. The van der Waals surface area contributed by atoms with Gasteiger partial charge >= 0.3 is 0 Å². The van der Waals surface area contributed by atoms with Crippen LogP contribution in [0.4, 0.5) is 0 Å². The highest BCUT2D eigenvalue weighted by atomic mass is 32.2. The number of amides is 1. The van der Waals surface area contributed by atoms with Gasteiger partial charge < -0.3 is 18.8 Å². The molecular weight excluding hydrogens is 518 g/mol. The lowest BCUT2D eigenvalue weighted by Gasteiger charge is -2.39. The Balaban J connectivity index is 1.32. The average molecular weight is 550 g/mol. The van der Waals surface area contributed by atoms with Gasteiger partial charge in [-0.25, -0.2) is 18.9 Å². The summed E-state index contributed by atoms with van der Waals surface area (Å²) in [4.78, 5) is 19.1. The van der Waals surface area contributed by atoms with Crippen LogP contribution < -0.4 is 10.2 Å². The van der Waals surface area contributed by atoms with E-state index in [1.807, 2.05) is 29.2 Å². The molecule has 2 N–H and O–H groups in total. The highest BCUT2D eigenvalue weighted by molar-refractivity contribution is 7.99. The number of sulfone groups is 1. The first-order valence-electron chi connectivity index (χ1n) is 12.0. The third-order valence-electron chi connectivity index (χ3n) is 6.50. The molecule has 0 atom stereocenters. The summed E-state index contributed by atoms with van der Waals surface area (Å²) in [6.45, 7) is 2.40. The summed E-state index contributed by atoms with van der Waals surface area (Å²) in [5, 5.41) is 9.95. The molecule has 37 heavy (non-hydrogen) atoms. The van der Waals surface area contributed by atoms with Crippen molar-refractivity contribution in [2.75, 3.05) is 45.7 Å². The van der Waals surface area contributed by atoms with Gasteiger partial charge in [-0.3, -0.25) is 10.0 Å². The second kappa shape index (κ2) is 12.3. The van der Waals surface area contributed by atoms with Gasteiger partial charge in [-0.1, -0.05) is 23.9 Å². The number of carbonyl (C=O) groups is 1. The second-order valence-electron chi connectivity index (χ2n) is 8.74. The van der Waals surface area contributed by atoms with E-state index in [1.54, 1.807) is 24.7 Å². The SMILES string of the molecule is COCCN1CCC(C(=O)NO)(S(=O)(=O)c2ccc(OCCCSc3nc4ccccc4o3)cc2)CC1. The number of hydroxylamine groups is 1. The van der Waals surface area contributed by atoms with E-state index < -0.39 is 20.5 Å². The summed E-state index contributed by atoms with van der Waals surface area (Å²) in [5.41, 5.74) is 3.16. The van der Waals surface area contributed by atoms with Crippen LogP contribution in [0.3, 0.4) is 0 Å². The summed E-state index contributed by atoms with van der Waals surface area (Å²) in [6.07, 6.45) is 0.881. The topological polar surface area (TPSA) is 131 Å². The van der Waals surface area contributed by atoms with Crippen molar-refractivity contribution in [1.82, 2.24) is 15.4 Å². The van der Waals surface area contributed by atoms with Gasteiger partial charge in [0.1, 0.15) is 11.3 Å². The van der Waals surface area contributed by atoms with E-state index in [2.05, 4.69) is 4.98 Å². The number of likely N-dealkylation sites (tertiary alicyclic amines) is 1. The molecule has 1 fully saturated rings. The number of rotatable bonds is 12. The molecule has 0 radical (unpaired) electrons. The average Bonchev–Trinajstić information content (AvgIpc) is 3.34. The Kier molecular flexibility index (Phi) is 9.08. The molecule has 1 aliphatic heterocycles. The van der Waals surface area contributed by atoms with E-state index in [1.165, 1.54) is 23.9 Å². The molecule has 0 bridgehead atoms. The van der Waals surface area contributed by atoms with Crippen molar-refractivity contribution < 1.29 is 32.3 Å². The molecule has 2 heterocycles. The van der Waals surface area contributed by atoms with Gasteiger partial charge in [-0.2, -0.15) is 0 Å². The van der Waals surface area contributed by atoms with Crippen molar-refractivity contribution in [2.45, 2.75) is 34.1 Å². The number of aromatic nitrogens is 1. The number of hydrogen-bond acceptors (Lipinski definition) is 10. The lowest BCUT2D eigenvalue weighted by molar-refractivity contribution is -0.133. The Morgan fingerprint density at radius 3 is 2.57 bits per heavy atom. The van der Waals surface area contributed by atoms with Gasteiger partial charge in [-0.15, -0.1) is 0 Å². The molecule has 0 spiro atoms. The molecule has 1 aliphatic rings. The normalized spacial score (nSPS) is 16.1. The monoisotopic (exact) mass is 549 g/mol. The number of thioether (sulfide) groups is 1. The molecule has 1 saturated heterocycles. The Bertz CT molecular complexity index is 1250. The van der Waals surface area contributed by atoms with Crippen LogP contribution >= 0.6 is 11.8 Å². The molecule has 0 aliphatic carbocycles. The number of fused-ring (bicyclic) bond motifs is 1. The van der Waals surface area contributed by atoms with Crippen LogP contribution in [-0.4, -0.2) is 79.9 Å². The number of nitrogens with one attached hydrogen (secondary N) is 1. The van der Waals surface area contributed by atoms with Crippen molar-refractivity contribution in [2.24, 2.45) is 0 Å². The maximum absolute atomic E-state index is 13.6. The molecule has 12 heteroatoms. The van der Waals surface area contributed by atoms with Crippen LogP contribution in [0.15, 0.2) is 63.1 Å². The number of ether oxygens (including phenoxy) is 2.